The molecule has 5 heteroatoms. The fraction of sp³-hybridized carbons (Fsp3) is 0.500. The fourth-order valence-electron chi connectivity index (χ4n) is 1.67. The maximum Gasteiger partial charge on any atom is 0.415 e. The minimum atomic E-state index is -0.939. The van der Waals surface area contributed by atoms with Gasteiger partial charge in [-0.3, -0.25) is 0 Å². The van der Waals surface area contributed by atoms with Crippen molar-refractivity contribution in [3.63, 3.8) is 0 Å². The van der Waals surface area contributed by atoms with Gasteiger partial charge in [0.15, 0.2) is 11.6 Å². The molecule has 106 valence electrons. The molecule has 0 saturated heterocycles. The molecule has 1 amide bonds. The summed E-state index contributed by atoms with van der Waals surface area (Å²) >= 11 is 0. The first-order valence-electron chi connectivity index (χ1n) is 6.48. The lowest BCUT2D eigenvalue weighted by Crippen LogP contribution is -2.38. The van der Waals surface area contributed by atoms with Gasteiger partial charge in [0.25, 0.3) is 0 Å². The number of hydrogen-bond donors (Lipinski definition) is 0. The summed E-state index contributed by atoms with van der Waals surface area (Å²) in [6.07, 6.45) is 1.47. The molecule has 0 bridgehead atoms. The van der Waals surface area contributed by atoms with Crippen molar-refractivity contribution in [2.45, 2.75) is 40.2 Å². The van der Waals surface area contributed by atoms with Crippen molar-refractivity contribution in [2.75, 3.05) is 6.54 Å². The number of hydrogen-bond acceptors (Lipinski definition) is 2. The molecule has 1 aromatic rings. The Morgan fingerprint density at radius 2 is 1.89 bits per heavy atom. The Balaban J connectivity index is 0.000000550. The Labute approximate surface area is 112 Å². The van der Waals surface area contributed by atoms with Gasteiger partial charge in [-0.15, -0.1) is 0 Å². The zero-order valence-electron chi connectivity index (χ0n) is 11.5. The summed E-state index contributed by atoms with van der Waals surface area (Å²) in [7, 11) is 0. The molecule has 1 aromatic carbocycles. The third-order valence-corrected chi connectivity index (χ3v) is 2.45. The second-order valence-electron chi connectivity index (χ2n) is 4.33. The molecule has 0 saturated carbocycles. The molecule has 0 fully saturated rings. The molecule has 19 heavy (non-hydrogen) atoms. The molecular weight excluding hydrogens is 252 g/mol. The first-order valence-corrected chi connectivity index (χ1v) is 6.48. The summed E-state index contributed by atoms with van der Waals surface area (Å²) in [4.78, 5) is 12.8. The second kappa shape index (κ2) is 7.07. The number of fused-ring (bicyclic) bond motifs is 1. The van der Waals surface area contributed by atoms with Gasteiger partial charge < -0.3 is 9.64 Å². The fourth-order valence-corrected chi connectivity index (χ4v) is 1.67. The van der Waals surface area contributed by atoms with Crippen LogP contribution >= 0.6 is 0 Å². The molecule has 0 radical (unpaired) electrons. The van der Waals surface area contributed by atoms with Crippen molar-refractivity contribution in [1.82, 2.24) is 4.90 Å². The lowest BCUT2D eigenvalue weighted by molar-refractivity contribution is 0.136. The van der Waals surface area contributed by atoms with E-state index in [0.29, 0.717) is 6.54 Å². The van der Waals surface area contributed by atoms with Crippen molar-refractivity contribution in [3.05, 3.63) is 29.3 Å². The molecule has 1 aliphatic rings. The van der Waals surface area contributed by atoms with Crippen LogP contribution in [-0.4, -0.2) is 17.5 Å². The highest BCUT2D eigenvalue weighted by molar-refractivity contribution is 5.73. The standard InChI is InChI=1S/C11H11F2NO2.C3H8/c1-2-5-14-6-7-9(16-11(14)15)4-3-8(12)10(7)13;1-3-2/h3-4H,2,5-6H2,1H3;3H2,1-2H3. The van der Waals surface area contributed by atoms with Gasteiger partial charge in [0, 0.05) is 6.54 Å². The number of rotatable bonds is 2. The Morgan fingerprint density at radius 1 is 1.26 bits per heavy atom. The predicted octanol–water partition coefficient (Wildman–Crippen LogP) is 4.11. The Kier molecular flexibility index (Phi) is 5.73. The lowest BCUT2D eigenvalue weighted by atomic mass is 10.1. The maximum atomic E-state index is 13.4. The number of nitrogens with zero attached hydrogens (tertiary/aromatic N) is 1. The summed E-state index contributed by atoms with van der Waals surface area (Å²) in [6, 6.07) is 2.23. The van der Waals surface area contributed by atoms with Crippen LogP contribution in [0, 0.1) is 11.6 Å². The topological polar surface area (TPSA) is 29.5 Å². The van der Waals surface area contributed by atoms with Crippen LogP contribution in [0.4, 0.5) is 13.6 Å². The number of benzene rings is 1. The Morgan fingerprint density at radius 3 is 2.47 bits per heavy atom. The monoisotopic (exact) mass is 271 g/mol. The normalized spacial score (nSPS) is 13.3. The molecule has 0 aliphatic carbocycles. The summed E-state index contributed by atoms with van der Waals surface area (Å²) < 4.78 is 31.3. The van der Waals surface area contributed by atoms with Crippen LogP contribution in [0.1, 0.15) is 39.2 Å². The number of carbonyl (C=O) groups is 1. The summed E-state index contributed by atoms with van der Waals surface area (Å²) in [5.41, 5.74) is 0.105. The van der Waals surface area contributed by atoms with Gasteiger partial charge in [0.05, 0.1) is 12.1 Å². The predicted molar refractivity (Wildman–Crippen MR) is 69.0 cm³/mol. The molecule has 0 aromatic heterocycles. The molecule has 0 unspecified atom stereocenters. The van der Waals surface area contributed by atoms with Crippen molar-refractivity contribution >= 4 is 6.09 Å². The van der Waals surface area contributed by atoms with E-state index >= 15 is 0 Å². The SMILES string of the molecule is CCC.CCCN1Cc2c(ccc(F)c2F)OC1=O. The van der Waals surface area contributed by atoms with E-state index in [2.05, 4.69) is 13.8 Å². The van der Waals surface area contributed by atoms with Gasteiger partial charge in [-0.25, -0.2) is 13.6 Å². The summed E-state index contributed by atoms with van der Waals surface area (Å²) in [5.74, 6) is -1.75. The van der Waals surface area contributed by atoms with Crippen molar-refractivity contribution in [3.8, 4) is 5.75 Å². The number of carbonyl (C=O) groups excluding carboxylic acids is 1. The summed E-state index contributed by atoms with van der Waals surface area (Å²) in [6.45, 7) is 6.67. The van der Waals surface area contributed by atoms with Crippen molar-refractivity contribution < 1.29 is 18.3 Å². The van der Waals surface area contributed by atoms with E-state index in [4.69, 9.17) is 4.74 Å². The molecule has 3 nitrogen and oxygen atoms in total. The third kappa shape index (κ3) is 3.66. The average Bonchev–Trinajstić information content (AvgIpc) is 2.37. The number of amides is 1. The maximum absolute atomic E-state index is 13.4. The highest BCUT2D eigenvalue weighted by Crippen LogP contribution is 2.29. The van der Waals surface area contributed by atoms with Crippen LogP contribution in [0.25, 0.3) is 0 Å². The van der Waals surface area contributed by atoms with E-state index in [1.54, 1.807) is 0 Å². The van der Waals surface area contributed by atoms with Gasteiger partial charge in [-0.2, -0.15) is 0 Å². The first kappa shape index (κ1) is 15.4. The number of ether oxygens (including phenoxy) is 1. The minimum absolute atomic E-state index is 0.0611. The van der Waals surface area contributed by atoms with E-state index < -0.39 is 17.7 Å². The van der Waals surface area contributed by atoms with Crippen LogP contribution in [0.5, 0.6) is 5.75 Å². The second-order valence-corrected chi connectivity index (χ2v) is 4.33. The minimum Gasteiger partial charge on any atom is -0.410 e. The molecular formula is C14H19F2NO2. The van der Waals surface area contributed by atoms with Crippen LogP contribution in [0.15, 0.2) is 12.1 Å². The Bertz CT molecular complexity index is 449. The molecule has 0 spiro atoms. The van der Waals surface area contributed by atoms with Crippen LogP contribution < -0.4 is 4.74 Å². The van der Waals surface area contributed by atoms with Crippen LogP contribution in [-0.2, 0) is 6.54 Å². The lowest BCUT2D eigenvalue weighted by Gasteiger charge is -2.27. The first-order chi connectivity index (χ1) is 9.04. The third-order valence-electron chi connectivity index (χ3n) is 2.45. The van der Waals surface area contributed by atoms with Gasteiger partial charge in [0.2, 0.25) is 0 Å². The van der Waals surface area contributed by atoms with E-state index in [0.717, 1.165) is 12.5 Å². The van der Waals surface area contributed by atoms with E-state index in [-0.39, 0.29) is 17.9 Å². The average molecular weight is 271 g/mol. The molecule has 1 aliphatic heterocycles. The van der Waals surface area contributed by atoms with Crippen molar-refractivity contribution in [1.29, 1.82) is 0 Å². The molecule has 1 heterocycles. The largest absolute Gasteiger partial charge is 0.415 e. The van der Waals surface area contributed by atoms with Gasteiger partial charge in [-0.1, -0.05) is 27.2 Å². The van der Waals surface area contributed by atoms with Crippen molar-refractivity contribution in [2.24, 2.45) is 0 Å². The van der Waals surface area contributed by atoms with E-state index in [9.17, 15) is 13.6 Å². The van der Waals surface area contributed by atoms with E-state index in [1.807, 2.05) is 6.92 Å². The summed E-state index contributed by atoms with van der Waals surface area (Å²) in [5, 5.41) is 0. The molecule has 0 atom stereocenters. The van der Waals surface area contributed by atoms with E-state index in [1.165, 1.54) is 17.4 Å². The quantitative estimate of drug-likeness (QED) is 0.810. The van der Waals surface area contributed by atoms with Gasteiger partial charge in [0.1, 0.15) is 5.75 Å². The van der Waals surface area contributed by atoms with Crippen LogP contribution in [0.2, 0.25) is 0 Å². The smallest absolute Gasteiger partial charge is 0.410 e. The van der Waals surface area contributed by atoms with Gasteiger partial charge in [-0.05, 0) is 18.6 Å². The Hall–Kier alpha value is -1.65. The highest BCUT2D eigenvalue weighted by atomic mass is 19.2. The van der Waals surface area contributed by atoms with Crippen LogP contribution in [0.3, 0.4) is 0 Å². The van der Waals surface area contributed by atoms with Gasteiger partial charge >= 0.3 is 6.09 Å². The highest BCUT2D eigenvalue weighted by Gasteiger charge is 2.27. The molecule has 0 N–H and O–H groups in total. The number of halogens is 2. The zero-order chi connectivity index (χ0) is 14.4. The molecule has 2 rings (SSSR count). The zero-order valence-corrected chi connectivity index (χ0v) is 11.5.